The Bertz CT molecular complexity index is 852. The summed E-state index contributed by atoms with van der Waals surface area (Å²) in [4.78, 5) is 14.1. The molecule has 0 saturated carbocycles. The monoisotopic (exact) mass is 305 g/mol. The molecule has 2 heterocycles. The number of allylic oxidation sites excluding steroid dienone is 1. The summed E-state index contributed by atoms with van der Waals surface area (Å²) in [5.41, 5.74) is 1.18. The van der Waals surface area contributed by atoms with Crippen molar-refractivity contribution in [1.29, 1.82) is 5.26 Å². The van der Waals surface area contributed by atoms with E-state index in [0.29, 0.717) is 0 Å². The first-order chi connectivity index (χ1) is 10.8. The molecular formula is C18H11NO2S. The highest BCUT2D eigenvalue weighted by Crippen LogP contribution is 2.29. The first-order valence-electron chi connectivity index (χ1n) is 6.63. The number of rotatable bonds is 4. The molecule has 1 aromatic carbocycles. The lowest BCUT2D eigenvalue weighted by Gasteiger charge is -1.95. The van der Waals surface area contributed by atoms with Crippen molar-refractivity contribution in [2.75, 3.05) is 0 Å². The van der Waals surface area contributed by atoms with Gasteiger partial charge in [-0.15, -0.1) is 11.3 Å². The Morgan fingerprint density at radius 3 is 2.59 bits per heavy atom. The van der Waals surface area contributed by atoms with Crippen molar-refractivity contribution in [3.8, 4) is 16.5 Å². The molecule has 0 atom stereocenters. The minimum atomic E-state index is -0.401. The summed E-state index contributed by atoms with van der Waals surface area (Å²) < 4.78 is 5.05. The number of carbonyl (C=O) groups excluding carboxylic acids is 1. The Balaban J connectivity index is 1.90. The summed E-state index contributed by atoms with van der Waals surface area (Å²) in [5.74, 6) is -0.227. The maximum absolute atomic E-state index is 12.1. The molecule has 106 valence electrons. The van der Waals surface area contributed by atoms with Crippen LogP contribution in [0.4, 0.5) is 0 Å². The molecule has 3 rings (SSSR count). The molecule has 2 aromatic heterocycles. The molecular weight excluding hydrogens is 294 g/mol. The van der Waals surface area contributed by atoms with Gasteiger partial charge in [0.1, 0.15) is 11.6 Å². The molecule has 0 aliphatic rings. The van der Waals surface area contributed by atoms with E-state index in [1.54, 1.807) is 18.2 Å². The number of furan rings is 1. The van der Waals surface area contributed by atoms with Crippen LogP contribution < -0.4 is 0 Å². The van der Waals surface area contributed by atoms with E-state index in [4.69, 9.17) is 4.42 Å². The van der Waals surface area contributed by atoms with E-state index < -0.39 is 5.78 Å². The fourth-order valence-electron chi connectivity index (χ4n) is 2.02. The average molecular weight is 305 g/mol. The van der Waals surface area contributed by atoms with Crippen molar-refractivity contribution >= 4 is 23.2 Å². The van der Waals surface area contributed by atoms with Gasteiger partial charge in [-0.1, -0.05) is 30.3 Å². The fourth-order valence-corrected chi connectivity index (χ4v) is 2.98. The van der Waals surface area contributed by atoms with E-state index in [1.807, 2.05) is 48.5 Å². The smallest absolute Gasteiger partial charge is 0.238 e. The number of thiophene rings is 1. The molecule has 0 saturated heterocycles. The van der Waals surface area contributed by atoms with Gasteiger partial charge in [-0.2, -0.15) is 5.26 Å². The predicted octanol–water partition coefficient (Wildman–Crippen LogP) is 4.80. The topological polar surface area (TPSA) is 54.0 Å². The number of nitrogens with zero attached hydrogens (tertiary/aromatic N) is 1. The number of hydrogen-bond donors (Lipinski definition) is 0. The van der Waals surface area contributed by atoms with Gasteiger partial charge in [0.25, 0.3) is 0 Å². The lowest BCUT2D eigenvalue weighted by molar-refractivity contribution is 0.101. The van der Waals surface area contributed by atoms with Crippen LogP contribution >= 0.6 is 11.3 Å². The van der Waals surface area contributed by atoms with Gasteiger partial charge in [0.2, 0.25) is 5.78 Å². The largest absolute Gasteiger partial charge is 0.461 e. The van der Waals surface area contributed by atoms with Crippen LogP contribution in [0.25, 0.3) is 16.5 Å². The summed E-state index contributed by atoms with van der Waals surface area (Å²) in [5, 5.41) is 9.20. The van der Waals surface area contributed by atoms with Crippen LogP contribution in [0.2, 0.25) is 0 Å². The summed E-state index contributed by atoms with van der Waals surface area (Å²) in [7, 11) is 0. The van der Waals surface area contributed by atoms with Crippen molar-refractivity contribution < 1.29 is 9.21 Å². The quantitative estimate of drug-likeness (QED) is 0.395. The highest BCUT2D eigenvalue weighted by atomic mass is 32.1. The van der Waals surface area contributed by atoms with Crippen molar-refractivity contribution in [1.82, 2.24) is 0 Å². The van der Waals surface area contributed by atoms with Gasteiger partial charge in [0.05, 0.1) is 6.26 Å². The molecule has 3 nitrogen and oxygen atoms in total. The number of carbonyl (C=O) groups is 1. The summed E-state index contributed by atoms with van der Waals surface area (Å²) >= 11 is 1.53. The second kappa shape index (κ2) is 6.25. The van der Waals surface area contributed by atoms with Crippen molar-refractivity contribution in [3.05, 3.63) is 77.1 Å². The third-order valence-electron chi connectivity index (χ3n) is 3.08. The van der Waals surface area contributed by atoms with Crippen LogP contribution in [0.15, 0.2) is 70.9 Å². The molecule has 0 aliphatic carbocycles. The average Bonchev–Trinajstić information content (AvgIpc) is 3.24. The van der Waals surface area contributed by atoms with Crippen molar-refractivity contribution in [3.63, 3.8) is 0 Å². The third-order valence-corrected chi connectivity index (χ3v) is 4.16. The summed E-state index contributed by atoms with van der Waals surface area (Å²) in [6.45, 7) is 0. The Morgan fingerprint density at radius 1 is 1.09 bits per heavy atom. The zero-order chi connectivity index (χ0) is 15.4. The number of Topliss-reactive ketones (excluding diaryl/α,β-unsaturated/α-hetero) is 1. The van der Waals surface area contributed by atoms with Gasteiger partial charge in [-0.25, -0.2) is 0 Å². The lowest BCUT2D eigenvalue weighted by atomic mass is 10.1. The Hall–Kier alpha value is -2.90. The van der Waals surface area contributed by atoms with Gasteiger partial charge in [0.15, 0.2) is 5.76 Å². The van der Waals surface area contributed by atoms with Gasteiger partial charge >= 0.3 is 0 Å². The molecule has 4 heteroatoms. The summed E-state index contributed by atoms with van der Waals surface area (Å²) in [6.07, 6.45) is 3.02. The van der Waals surface area contributed by atoms with E-state index in [2.05, 4.69) is 0 Å². The van der Waals surface area contributed by atoms with Gasteiger partial charge in [-0.05, 0) is 35.9 Å². The molecule has 22 heavy (non-hydrogen) atoms. The molecule has 0 spiro atoms. The van der Waals surface area contributed by atoms with E-state index in [9.17, 15) is 10.1 Å². The fraction of sp³-hybridized carbons (Fsp3) is 0. The maximum Gasteiger partial charge on any atom is 0.238 e. The zero-order valence-electron chi connectivity index (χ0n) is 11.5. The minimum Gasteiger partial charge on any atom is -0.461 e. The van der Waals surface area contributed by atoms with E-state index in [0.717, 1.165) is 15.3 Å². The standard InChI is InChI=1S/C18H11NO2S/c19-12-14(18(20)16-7-4-10-21-16)11-15-8-9-17(22-15)13-5-2-1-3-6-13/h1-11H/b14-11+. The van der Waals surface area contributed by atoms with Crippen molar-refractivity contribution in [2.45, 2.75) is 0 Å². The molecule has 0 amide bonds. The second-order valence-corrected chi connectivity index (χ2v) is 5.66. The molecule has 0 unspecified atom stereocenters. The Morgan fingerprint density at radius 2 is 1.91 bits per heavy atom. The molecule has 0 N–H and O–H groups in total. The van der Waals surface area contributed by atoms with E-state index in [1.165, 1.54) is 17.6 Å². The van der Waals surface area contributed by atoms with Gasteiger partial charge in [0, 0.05) is 9.75 Å². The van der Waals surface area contributed by atoms with E-state index in [-0.39, 0.29) is 11.3 Å². The molecule has 3 aromatic rings. The molecule has 0 fully saturated rings. The normalized spacial score (nSPS) is 11.1. The lowest BCUT2D eigenvalue weighted by Crippen LogP contribution is -1.99. The van der Waals surface area contributed by atoms with Gasteiger partial charge in [-0.3, -0.25) is 4.79 Å². The van der Waals surface area contributed by atoms with Crippen LogP contribution in [0.1, 0.15) is 15.4 Å². The molecule has 0 bridgehead atoms. The second-order valence-electron chi connectivity index (χ2n) is 4.54. The van der Waals surface area contributed by atoms with Crippen LogP contribution in [-0.4, -0.2) is 5.78 Å². The SMILES string of the molecule is N#C/C(=C\c1ccc(-c2ccccc2)s1)C(=O)c1ccco1. The highest BCUT2D eigenvalue weighted by molar-refractivity contribution is 7.16. The first-order valence-corrected chi connectivity index (χ1v) is 7.45. The Kier molecular flexibility index (Phi) is 3.99. The van der Waals surface area contributed by atoms with Crippen LogP contribution in [-0.2, 0) is 0 Å². The van der Waals surface area contributed by atoms with Crippen LogP contribution in [0, 0.1) is 11.3 Å². The van der Waals surface area contributed by atoms with Gasteiger partial charge < -0.3 is 4.42 Å². The van der Waals surface area contributed by atoms with Crippen LogP contribution in [0.5, 0.6) is 0 Å². The highest BCUT2D eigenvalue weighted by Gasteiger charge is 2.15. The van der Waals surface area contributed by atoms with Crippen LogP contribution in [0.3, 0.4) is 0 Å². The first kappa shape index (κ1) is 14.1. The predicted molar refractivity (Wildman–Crippen MR) is 86.4 cm³/mol. The molecule has 0 radical (unpaired) electrons. The number of hydrogen-bond acceptors (Lipinski definition) is 4. The van der Waals surface area contributed by atoms with Crippen molar-refractivity contribution in [2.24, 2.45) is 0 Å². The number of ketones is 1. The maximum atomic E-state index is 12.1. The number of benzene rings is 1. The minimum absolute atomic E-state index is 0.0661. The molecule has 0 aliphatic heterocycles. The zero-order valence-corrected chi connectivity index (χ0v) is 12.3. The number of nitriles is 1. The summed E-state index contributed by atoms with van der Waals surface area (Å²) in [6, 6.07) is 19.0. The van der Waals surface area contributed by atoms with E-state index >= 15 is 0 Å². The third kappa shape index (κ3) is 2.90. The Labute approximate surface area is 131 Å².